The van der Waals surface area contributed by atoms with E-state index in [1.165, 1.54) is 5.56 Å². The smallest absolute Gasteiger partial charge is 0.228 e. The van der Waals surface area contributed by atoms with Crippen LogP contribution in [0, 0.1) is 0 Å². The van der Waals surface area contributed by atoms with Gasteiger partial charge in [0.05, 0.1) is 24.0 Å². The monoisotopic (exact) mass is 354 g/mol. The fraction of sp³-hybridized carbons (Fsp3) is 0.500. The summed E-state index contributed by atoms with van der Waals surface area (Å²) in [5.41, 5.74) is 4.20. The zero-order valence-electron chi connectivity index (χ0n) is 15.3. The summed E-state index contributed by atoms with van der Waals surface area (Å²) in [5, 5.41) is 14.1. The highest BCUT2D eigenvalue weighted by atomic mass is 16.3. The largest absolute Gasteiger partial charge is 0.387 e. The second kappa shape index (κ2) is 7.21. The molecule has 2 aliphatic heterocycles. The molecule has 26 heavy (non-hydrogen) atoms. The van der Waals surface area contributed by atoms with E-state index in [0.29, 0.717) is 6.42 Å². The van der Waals surface area contributed by atoms with Crippen LogP contribution in [0.5, 0.6) is 0 Å². The average Bonchev–Trinajstić information content (AvgIpc) is 3.09. The van der Waals surface area contributed by atoms with Gasteiger partial charge in [-0.15, -0.1) is 0 Å². The summed E-state index contributed by atoms with van der Waals surface area (Å²) in [4.78, 5) is 17.1. The third kappa shape index (κ3) is 3.39. The van der Waals surface area contributed by atoms with Crippen LogP contribution >= 0.6 is 0 Å². The van der Waals surface area contributed by atoms with Crippen molar-refractivity contribution in [1.29, 1.82) is 0 Å². The lowest BCUT2D eigenvalue weighted by atomic mass is 10.0. The predicted molar refractivity (Wildman–Crippen MR) is 99.9 cm³/mol. The second-order valence-electron chi connectivity index (χ2n) is 7.26. The minimum Gasteiger partial charge on any atom is -0.387 e. The van der Waals surface area contributed by atoms with Gasteiger partial charge in [0, 0.05) is 38.3 Å². The highest BCUT2D eigenvalue weighted by Crippen LogP contribution is 2.27. The van der Waals surface area contributed by atoms with E-state index >= 15 is 0 Å². The summed E-state index contributed by atoms with van der Waals surface area (Å²) in [6.45, 7) is 5.79. The Balaban J connectivity index is 1.37. The third-order valence-electron chi connectivity index (χ3n) is 5.38. The van der Waals surface area contributed by atoms with Gasteiger partial charge in [-0.05, 0) is 37.5 Å². The first-order valence-electron chi connectivity index (χ1n) is 9.47. The molecule has 0 saturated carbocycles. The molecule has 1 unspecified atom stereocenters. The number of carbonyl (C=O) groups is 1. The van der Waals surface area contributed by atoms with Crippen LogP contribution in [0.2, 0.25) is 0 Å². The zero-order valence-corrected chi connectivity index (χ0v) is 15.3. The van der Waals surface area contributed by atoms with Gasteiger partial charge in [-0.2, -0.15) is 5.10 Å². The molecule has 3 heterocycles. The summed E-state index contributed by atoms with van der Waals surface area (Å²) in [6, 6.07) is 10.2. The molecular formula is C20H26N4O2. The minimum atomic E-state index is -0.540. The number of aryl methyl sites for hydroxylation is 1. The number of benzene rings is 1. The first kappa shape index (κ1) is 17.2. The van der Waals surface area contributed by atoms with E-state index in [0.717, 1.165) is 62.6 Å². The topological polar surface area (TPSA) is 61.6 Å². The van der Waals surface area contributed by atoms with Crippen LogP contribution in [-0.4, -0.2) is 45.3 Å². The van der Waals surface area contributed by atoms with Crippen LogP contribution in [0.15, 0.2) is 30.3 Å². The average molecular weight is 354 g/mol. The number of para-hydroxylation sites is 1. The highest BCUT2D eigenvalue weighted by molar-refractivity contribution is 5.94. The standard InChI is InChI=1S/C20H26N4O2/c1-15(25)18-13-17-14-22(11-12-24(17)21-18)10-8-20(26)23-9-4-6-16-5-2-3-7-19(16)23/h2-3,5,7,13,15,25H,4,6,8-12,14H2,1H3. The first-order valence-corrected chi connectivity index (χ1v) is 9.47. The van der Waals surface area contributed by atoms with Gasteiger partial charge < -0.3 is 10.0 Å². The van der Waals surface area contributed by atoms with Crippen molar-refractivity contribution in [2.45, 2.75) is 45.4 Å². The van der Waals surface area contributed by atoms with Crippen molar-refractivity contribution in [2.24, 2.45) is 0 Å². The number of rotatable bonds is 4. The molecule has 6 heteroatoms. The molecule has 0 fully saturated rings. The van der Waals surface area contributed by atoms with Gasteiger partial charge in [-0.1, -0.05) is 18.2 Å². The van der Waals surface area contributed by atoms with E-state index in [2.05, 4.69) is 22.1 Å². The molecule has 0 radical (unpaired) electrons. The summed E-state index contributed by atoms with van der Waals surface area (Å²) >= 11 is 0. The molecule has 0 aliphatic carbocycles. The number of fused-ring (bicyclic) bond motifs is 2. The van der Waals surface area contributed by atoms with E-state index < -0.39 is 6.10 Å². The Kier molecular flexibility index (Phi) is 4.78. The molecule has 0 bridgehead atoms. The molecule has 4 rings (SSSR count). The molecule has 0 spiro atoms. The molecule has 0 saturated heterocycles. The van der Waals surface area contributed by atoms with E-state index in [4.69, 9.17) is 0 Å². The number of amides is 1. The lowest BCUT2D eigenvalue weighted by Crippen LogP contribution is -2.39. The lowest BCUT2D eigenvalue weighted by molar-refractivity contribution is -0.119. The molecule has 6 nitrogen and oxygen atoms in total. The molecule has 1 amide bonds. The van der Waals surface area contributed by atoms with Crippen molar-refractivity contribution < 1.29 is 9.90 Å². The number of carbonyl (C=O) groups excluding carboxylic acids is 1. The zero-order chi connectivity index (χ0) is 18.1. The fourth-order valence-electron chi connectivity index (χ4n) is 3.92. The van der Waals surface area contributed by atoms with E-state index in [9.17, 15) is 9.90 Å². The quantitative estimate of drug-likeness (QED) is 0.914. The summed E-state index contributed by atoms with van der Waals surface area (Å²) < 4.78 is 1.97. The van der Waals surface area contributed by atoms with E-state index in [-0.39, 0.29) is 5.91 Å². The molecule has 2 aliphatic rings. The summed E-state index contributed by atoms with van der Waals surface area (Å²) in [5.74, 6) is 0.209. The Morgan fingerprint density at radius 2 is 2.12 bits per heavy atom. The predicted octanol–water partition coefficient (Wildman–Crippen LogP) is 2.12. The van der Waals surface area contributed by atoms with Crippen molar-refractivity contribution >= 4 is 11.6 Å². The number of hydrogen-bond acceptors (Lipinski definition) is 4. The fourth-order valence-corrected chi connectivity index (χ4v) is 3.92. The lowest BCUT2D eigenvalue weighted by Gasteiger charge is -2.31. The van der Waals surface area contributed by atoms with Gasteiger partial charge in [0.1, 0.15) is 0 Å². The maximum Gasteiger partial charge on any atom is 0.228 e. The van der Waals surface area contributed by atoms with Crippen LogP contribution in [0.1, 0.15) is 42.8 Å². The van der Waals surface area contributed by atoms with Crippen molar-refractivity contribution in [3.05, 3.63) is 47.3 Å². The third-order valence-corrected chi connectivity index (χ3v) is 5.38. The van der Waals surface area contributed by atoms with Crippen molar-refractivity contribution in [3.8, 4) is 0 Å². The van der Waals surface area contributed by atoms with E-state index in [1.54, 1.807) is 6.92 Å². The van der Waals surface area contributed by atoms with Crippen LogP contribution in [-0.2, 0) is 24.3 Å². The normalized spacial score (nSPS) is 18.3. The highest BCUT2D eigenvalue weighted by Gasteiger charge is 2.24. The summed E-state index contributed by atoms with van der Waals surface area (Å²) in [6.07, 6.45) is 2.09. The Morgan fingerprint density at radius 1 is 1.27 bits per heavy atom. The van der Waals surface area contributed by atoms with Crippen LogP contribution in [0.25, 0.3) is 0 Å². The second-order valence-corrected chi connectivity index (χ2v) is 7.26. The molecular weight excluding hydrogens is 328 g/mol. The first-order chi connectivity index (χ1) is 12.6. The van der Waals surface area contributed by atoms with Gasteiger partial charge in [0.25, 0.3) is 0 Å². The number of hydrogen-bond donors (Lipinski definition) is 1. The van der Waals surface area contributed by atoms with Crippen LogP contribution < -0.4 is 4.90 Å². The number of anilines is 1. The van der Waals surface area contributed by atoms with Gasteiger partial charge in [-0.25, -0.2) is 0 Å². The van der Waals surface area contributed by atoms with Crippen LogP contribution in [0.3, 0.4) is 0 Å². The van der Waals surface area contributed by atoms with Gasteiger partial charge >= 0.3 is 0 Å². The van der Waals surface area contributed by atoms with Gasteiger partial charge in [0.15, 0.2) is 0 Å². The van der Waals surface area contributed by atoms with Gasteiger partial charge in [0.2, 0.25) is 5.91 Å². The molecule has 1 aromatic carbocycles. The number of aromatic nitrogens is 2. The molecule has 1 atom stereocenters. The Labute approximate surface area is 154 Å². The van der Waals surface area contributed by atoms with Gasteiger partial charge in [-0.3, -0.25) is 14.4 Å². The number of aliphatic hydroxyl groups excluding tert-OH is 1. The summed E-state index contributed by atoms with van der Waals surface area (Å²) in [7, 11) is 0. The minimum absolute atomic E-state index is 0.209. The van der Waals surface area contributed by atoms with Crippen molar-refractivity contribution in [1.82, 2.24) is 14.7 Å². The maximum absolute atomic E-state index is 12.8. The SMILES string of the molecule is CC(O)c1cc2n(n1)CCN(CCC(=O)N1CCCc3ccccc31)C2. The Morgan fingerprint density at radius 3 is 2.96 bits per heavy atom. The molecule has 1 aromatic heterocycles. The van der Waals surface area contributed by atoms with Crippen molar-refractivity contribution in [2.75, 3.05) is 24.5 Å². The maximum atomic E-state index is 12.8. The number of aliphatic hydroxyl groups is 1. The van der Waals surface area contributed by atoms with Crippen LogP contribution in [0.4, 0.5) is 5.69 Å². The van der Waals surface area contributed by atoms with Crippen molar-refractivity contribution in [3.63, 3.8) is 0 Å². The van der Waals surface area contributed by atoms with E-state index in [1.807, 2.05) is 27.8 Å². The molecule has 1 N–H and O–H groups in total. The molecule has 138 valence electrons. The number of nitrogens with zero attached hydrogens (tertiary/aromatic N) is 4. The Hall–Kier alpha value is -2.18. The molecule has 2 aromatic rings. The Bertz CT molecular complexity index is 799.